The van der Waals surface area contributed by atoms with Crippen molar-refractivity contribution in [3.8, 4) is 0 Å². The third kappa shape index (κ3) is 2.17. The zero-order valence-electron chi connectivity index (χ0n) is 11.1. The van der Waals surface area contributed by atoms with Crippen molar-refractivity contribution >= 4 is 30.0 Å². The van der Waals surface area contributed by atoms with Crippen molar-refractivity contribution in [1.82, 2.24) is 5.32 Å². The van der Waals surface area contributed by atoms with Gasteiger partial charge in [0, 0.05) is 6.54 Å². The average Bonchev–Trinajstić information content (AvgIpc) is 2.97. The monoisotopic (exact) mass is 295 g/mol. The standard InChI is InChI=1S/C14H17N3O2.ClH/c15-9-10-4-3-5-11(8-10)17-12(18)14(16-13(17)19)6-1-2-7-14;/h3-5,8H,1-2,6-7,9,15H2,(H,16,19);1H. The first kappa shape index (κ1) is 14.8. The van der Waals surface area contributed by atoms with E-state index in [2.05, 4.69) is 5.32 Å². The largest absolute Gasteiger partial charge is 0.329 e. The average molecular weight is 296 g/mol. The van der Waals surface area contributed by atoms with Gasteiger partial charge in [-0.2, -0.15) is 0 Å². The first-order valence-corrected chi connectivity index (χ1v) is 6.62. The fourth-order valence-electron chi connectivity index (χ4n) is 2.99. The van der Waals surface area contributed by atoms with E-state index in [9.17, 15) is 9.59 Å². The molecule has 2 aliphatic rings. The number of imide groups is 1. The Kier molecular flexibility index (Phi) is 4.01. The van der Waals surface area contributed by atoms with Crippen molar-refractivity contribution in [2.24, 2.45) is 5.73 Å². The van der Waals surface area contributed by atoms with Crippen molar-refractivity contribution in [3.63, 3.8) is 0 Å². The van der Waals surface area contributed by atoms with Crippen molar-refractivity contribution in [1.29, 1.82) is 0 Å². The van der Waals surface area contributed by atoms with Crippen LogP contribution in [0.1, 0.15) is 31.2 Å². The van der Waals surface area contributed by atoms with Crippen LogP contribution < -0.4 is 16.0 Å². The molecule has 3 amide bonds. The highest BCUT2D eigenvalue weighted by Crippen LogP contribution is 2.36. The van der Waals surface area contributed by atoms with Gasteiger partial charge in [0.2, 0.25) is 0 Å². The summed E-state index contributed by atoms with van der Waals surface area (Å²) in [6.07, 6.45) is 3.46. The smallest absolute Gasteiger partial charge is 0.326 e. The predicted octanol–water partition coefficient (Wildman–Crippen LogP) is 1.94. The molecule has 3 rings (SSSR count). The van der Waals surface area contributed by atoms with Crippen LogP contribution in [0.15, 0.2) is 24.3 Å². The van der Waals surface area contributed by atoms with Crippen LogP contribution >= 0.6 is 12.4 Å². The van der Waals surface area contributed by atoms with E-state index in [1.165, 1.54) is 4.90 Å². The Morgan fingerprint density at radius 3 is 2.60 bits per heavy atom. The number of carbonyl (C=O) groups is 2. The zero-order chi connectivity index (χ0) is 13.5. The second-order valence-electron chi connectivity index (χ2n) is 5.23. The molecule has 1 saturated carbocycles. The van der Waals surface area contributed by atoms with Crippen LogP contribution in [-0.4, -0.2) is 17.5 Å². The molecule has 1 aromatic rings. The number of hydrogen-bond donors (Lipinski definition) is 2. The highest BCUT2D eigenvalue weighted by molar-refractivity contribution is 6.23. The number of hydrogen-bond acceptors (Lipinski definition) is 3. The number of benzene rings is 1. The van der Waals surface area contributed by atoms with Crippen LogP contribution in [0.5, 0.6) is 0 Å². The van der Waals surface area contributed by atoms with Crippen LogP contribution in [0.3, 0.4) is 0 Å². The van der Waals surface area contributed by atoms with Crippen molar-refractivity contribution < 1.29 is 9.59 Å². The van der Waals surface area contributed by atoms with E-state index in [4.69, 9.17) is 5.73 Å². The number of nitrogens with zero attached hydrogens (tertiary/aromatic N) is 1. The number of amides is 3. The zero-order valence-corrected chi connectivity index (χ0v) is 11.9. The Morgan fingerprint density at radius 2 is 1.95 bits per heavy atom. The Hall–Kier alpha value is -1.59. The summed E-state index contributed by atoms with van der Waals surface area (Å²) in [5.74, 6) is -0.121. The molecule has 0 atom stereocenters. The van der Waals surface area contributed by atoms with Gasteiger partial charge in [-0.1, -0.05) is 25.0 Å². The lowest BCUT2D eigenvalue weighted by atomic mass is 9.98. The third-order valence-corrected chi connectivity index (χ3v) is 4.02. The maximum absolute atomic E-state index is 12.6. The summed E-state index contributed by atoms with van der Waals surface area (Å²) in [7, 11) is 0. The minimum absolute atomic E-state index is 0. The summed E-state index contributed by atoms with van der Waals surface area (Å²) in [6, 6.07) is 6.95. The van der Waals surface area contributed by atoms with Gasteiger partial charge in [-0.3, -0.25) is 4.79 Å². The normalized spacial score (nSPS) is 20.1. The first-order chi connectivity index (χ1) is 9.16. The summed E-state index contributed by atoms with van der Waals surface area (Å²) in [6.45, 7) is 0.392. The van der Waals surface area contributed by atoms with Gasteiger partial charge in [0.1, 0.15) is 5.54 Å². The molecule has 5 nitrogen and oxygen atoms in total. The van der Waals surface area contributed by atoms with E-state index in [1.807, 2.05) is 12.1 Å². The van der Waals surface area contributed by atoms with E-state index in [-0.39, 0.29) is 24.3 Å². The van der Waals surface area contributed by atoms with Gasteiger partial charge >= 0.3 is 6.03 Å². The summed E-state index contributed by atoms with van der Waals surface area (Å²) in [5, 5.41) is 2.87. The highest BCUT2D eigenvalue weighted by Gasteiger charge is 2.52. The Bertz CT molecular complexity index is 541. The van der Waals surface area contributed by atoms with Gasteiger partial charge in [-0.15, -0.1) is 12.4 Å². The number of rotatable bonds is 2. The minimum atomic E-state index is -0.657. The van der Waals surface area contributed by atoms with E-state index in [0.29, 0.717) is 12.2 Å². The maximum Gasteiger partial charge on any atom is 0.329 e. The van der Waals surface area contributed by atoms with E-state index in [1.54, 1.807) is 12.1 Å². The molecule has 1 spiro atoms. The molecule has 1 aromatic carbocycles. The van der Waals surface area contributed by atoms with Crippen LogP contribution in [0.25, 0.3) is 0 Å². The molecule has 2 fully saturated rings. The molecule has 0 bridgehead atoms. The Balaban J connectivity index is 0.00000147. The topological polar surface area (TPSA) is 75.4 Å². The molecule has 0 unspecified atom stereocenters. The van der Waals surface area contributed by atoms with Gasteiger partial charge in [0.15, 0.2) is 0 Å². The number of urea groups is 1. The quantitative estimate of drug-likeness (QED) is 0.819. The number of halogens is 1. The predicted molar refractivity (Wildman–Crippen MR) is 78.8 cm³/mol. The highest BCUT2D eigenvalue weighted by atomic mass is 35.5. The van der Waals surface area contributed by atoms with Crippen LogP contribution in [0.4, 0.5) is 10.5 Å². The number of nitrogens with one attached hydrogen (secondary N) is 1. The minimum Gasteiger partial charge on any atom is -0.326 e. The van der Waals surface area contributed by atoms with Gasteiger partial charge < -0.3 is 11.1 Å². The van der Waals surface area contributed by atoms with E-state index < -0.39 is 5.54 Å². The van der Waals surface area contributed by atoms with Gasteiger partial charge in [0.25, 0.3) is 5.91 Å². The number of nitrogens with two attached hydrogens (primary N) is 1. The maximum atomic E-state index is 12.6. The van der Waals surface area contributed by atoms with Crippen molar-refractivity contribution in [3.05, 3.63) is 29.8 Å². The molecule has 1 heterocycles. The summed E-state index contributed by atoms with van der Waals surface area (Å²) in [5.41, 5.74) is 6.45. The van der Waals surface area contributed by atoms with Gasteiger partial charge in [0.05, 0.1) is 5.69 Å². The molecule has 3 N–H and O–H groups in total. The summed E-state index contributed by atoms with van der Waals surface area (Å²) < 4.78 is 0. The third-order valence-electron chi connectivity index (χ3n) is 4.02. The molecule has 108 valence electrons. The lowest BCUT2D eigenvalue weighted by Crippen LogP contribution is -2.44. The fraction of sp³-hybridized carbons (Fsp3) is 0.429. The molecular weight excluding hydrogens is 278 g/mol. The van der Waals surface area contributed by atoms with E-state index >= 15 is 0 Å². The molecule has 20 heavy (non-hydrogen) atoms. The lowest BCUT2D eigenvalue weighted by molar-refractivity contribution is -0.121. The first-order valence-electron chi connectivity index (χ1n) is 6.62. The second kappa shape index (κ2) is 5.42. The molecule has 0 aromatic heterocycles. The second-order valence-corrected chi connectivity index (χ2v) is 5.23. The molecule has 6 heteroatoms. The van der Waals surface area contributed by atoms with Crippen LogP contribution in [0, 0.1) is 0 Å². The molecule has 1 aliphatic heterocycles. The number of carbonyl (C=O) groups excluding carboxylic acids is 2. The van der Waals surface area contributed by atoms with Crippen molar-refractivity contribution in [2.45, 2.75) is 37.8 Å². The SMILES string of the molecule is Cl.NCc1cccc(N2C(=O)NC3(CCCC3)C2=O)c1. The summed E-state index contributed by atoms with van der Waals surface area (Å²) in [4.78, 5) is 25.9. The van der Waals surface area contributed by atoms with E-state index in [0.717, 1.165) is 31.2 Å². The molecular formula is C14H18ClN3O2. The van der Waals surface area contributed by atoms with Crippen LogP contribution in [0.2, 0.25) is 0 Å². The summed E-state index contributed by atoms with van der Waals surface area (Å²) >= 11 is 0. The molecule has 1 saturated heterocycles. The van der Waals surface area contributed by atoms with Crippen LogP contribution in [-0.2, 0) is 11.3 Å². The molecule has 0 radical (unpaired) electrons. The molecule has 1 aliphatic carbocycles. The van der Waals surface area contributed by atoms with Crippen molar-refractivity contribution in [2.75, 3.05) is 4.90 Å². The number of anilines is 1. The Morgan fingerprint density at radius 1 is 1.25 bits per heavy atom. The Labute approximate surface area is 123 Å². The van der Waals surface area contributed by atoms with Gasteiger partial charge in [-0.25, -0.2) is 9.69 Å². The fourth-order valence-corrected chi connectivity index (χ4v) is 2.99. The lowest BCUT2D eigenvalue weighted by Gasteiger charge is -2.20. The van der Waals surface area contributed by atoms with Gasteiger partial charge in [-0.05, 0) is 30.5 Å².